The van der Waals surface area contributed by atoms with E-state index < -0.39 is 11.9 Å². The van der Waals surface area contributed by atoms with Crippen molar-refractivity contribution in [1.82, 2.24) is 0 Å². The zero-order valence-electron chi connectivity index (χ0n) is 8.70. The fourth-order valence-electron chi connectivity index (χ4n) is 2.09. The minimum Gasteiger partial charge on any atom is -0.481 e. The molecule has 1 aromatic carbocycles. The van der Waals surface area contributed by atoms with Gasteiger partial charge in [0.1, 0.15) is 0 Å². The first kappa shape index (κ1) is 11.6. The molecule has 0 saturated carbocycles. The molecule has 1 aliphatic heterocycles. The van der Waals surface area contributed by atoms with Crippen LogP contribution in [-0.2, 0) is 11.2 Å². The van der Waals surface area contributed by atoms with Gasteiger partial charge in [-0.05, 0) is 24.1 Å². The van der Waals surface area contributed by atoms with Crippen molar-refractivity contribution in [3.05, 3.63) is 27.7 Å². The van der Waals surface area contributed by atoms with E-state index in [0.29, 0.717) is 23.0 Å². The molecule has 0 bridgehead atoms. The molecule has 86 valence electrons. The molecule has 0 spiro atoms. The number of carboxylic acid groups (broad SMARTS) is 1. The van der Waals surface area contributed by atoms with Crippen LogP contribution in [0.5, 0.6) is 0 Å². The van der Waals surface area contributed by atoms with Crippen molar-refractivity contribution in [3.63, 3.8) is 0 Å². The number of carboxylic acids is 1. The van der Waals surface area contributed by atoms with Crippen LogP contribution in [0.25, 0.3) is 0 Å². The molecule has 1 heterocycles. The Bertz CT molecular complexity index is 448. The number of benzene rings is 1. The average Bonchev–Trinajstić information content (AvgIpc) is 2.22. The van der Waals surface area contributed by atoms with Crippen LogP contribution in [0.1, 0.15) is 5.56 Å². The van der Waals surface area contributed by atoms with Crippen molar-refractivity contribution in [3.8, 4) is 0 Å². The molecule has 2 rings (SSSR count). The lowest BCUT2D eigenvalue weighted by atomic mass is 9.93. The van der Waals surface area contributed by atoms with Gasteiger partial charge in [-0.15, -0.1) is 0 Å². The number of carbonyl (C=O) groups is 1. The third-order valence-electron chi connectivity index (χ3n) is 2.85. The molecule has 16 heavy (non-hydrogen) atoms. The SMILES string of the molecule is CN1CC(C(=O)O)Cc2c(Cl)ccc(Cl)c21. The van der Waals surface area contributed by atoms with E-state index in [0.717, 1.165) is 11.3 Å². The summed E-state index contributed by atoms with van der Waals surface area (Å²) in [4.78, 5) is 12.9. The Morgan fingerprint density at radius 2 is 2.06 bits per heavy atom. The highest BCUT2D eigenvalue weighted by Gasteiger charge is 2.30. The summed E-state index contributed by atoms with van der Waals surface area (Å²) >= 11 is 12.2. The molecule has 3 nitrogen and oxygen atoms in total. The third-order valence-corrected chi connectivity index (χ3v) is 3.51. The van der Waals surface area contributed by atoms with Crippen LogP contribution in [0.3, 0.4) is 0 Å². The lowest BCUT2D eigenvalue weighted by Crippen LogP contribution is -2.36. The normalized spacial score (nSPS) is 19.4. The van der Waals surface area contributed by atoms with Gasteiger partial charge in [-0.25, -0.2) is 0 Å². The minimum absolute atomic E-state index is 0.423. The number of nitrogens with zero attached hydrogens (tertiary/aromatic N) is 1. The van der Waals surface area contributed by atoms with Crippen molar-refractivity contribution in [1.29, 1.82) is 0 Å². The third kappa shape index (κ3) is 1.85. The Morgan fingerprint density at radius 1 is 1.44 bits per heavy atom. The zero-order valence-corrected chi connectivity index (χ0v) is 10.2. The van der Waals surface area contributed by atoms with Gasteiger partial charge in [0.25, 0.3) is 0 Å². The van der Waals surface area contributed by atoms with E-state index in [4.69, 9.17) is 28.3 Å². The highest BCUT2D eigenvalue weighted by Crippen LogP contribution is 2.39. The summed E-state index contributed by atoms with van der Waals surface area (Å²) in [5.41, 5.74) is 1.68. The fourth-order valence-corrected chi connectivity index (χ4v) is 2.64. The quantitative estimate of drug-likeness (QED) is 0.843. The Hall–Kier alpha value is -0.930. The molecule has 0 aromatic heterocycles. The predicted octanol–water partition coefficient (Wildman–Crippen LogP) is 2.69. The molecule has 1 aliphatic rings. The largest absolute Gasteiger partial charge is 0.481 e. The van der Waals surface area contributed by atoms with Crippen molar-refractivity contribution in [2.75, 3.05) is 18.5 Å². The van der Waals surface area contributed by atoms with Gasteiger partial charge in [-0.3, -0.25) is 4.79 Å². The second-order valence-electron chi connectivity index (χ2n) is 3.98. The molecule has 1 N–H and O–H groups in total. The van der Waals surface area contributed by atoms with Crippen molar-refractivity contribution >= 4 is 34.9 Å². The van der Waals surface area contributed by atoms with Gasteiger partial charge in [0.2, 0.25) is 0 Å². The standard InChI is InChI=1S/C11H11Cl2NO2/c1-14-5-6(11(15)16)4-7-8(12)2-3-9(13)10(7)14/h2-3,6H,4-5H2,1H3,(H,15,16). The molecule has 0 radical (unpaired) electrons. The van der Waals surface area contributed by atoms with Crippen LogP contribution in [0.15, 0.2) is 12.1 Å². The maximum absolute atomic E-state index is 11.0. The second-order valence-corrected chi connectivity index (χ2v) is 4.79. The van der Waals surface area contributed by atoms with E-state index >= 15 is 0 Å². The molecule has 1 aromatic rings. The summed E-state index contributed by atoms with van der Waals surface area (Å²) in [7, 11) is 1.83. The maximum Gasteiger partial charge on any atom is 0.308 e. The number of hydrogen-bond donors (Lipinski definition) is 1. The van der Waals surface area contributed by atoms with Crippen LogP contribution in [0.2, 0.25) is 10.0 Å². The highest BCUT2D eigenvalue weighted by molar-refractivity contribution is 6.36. The topological polar surface area (TPSA) is 40.5 Å². The molecular weight excluding hydrogens is 249 g/mol. The molecule has 0 fully saturated rings. The summed E-state index contributed by atoms with van der Waals surface area (Å²) in [5.74, 6) is -1.22. The van der Waals surface area contributed by atoms with Gasteiger partial charge in [0.05, 0.1) is 16.6 Å². The number of aliphatic carboxylic acids is 1. The molecule has 0 saturated heterocycles. The van der Waals surface area contributed by atoms with Crippen LogP contribution in [0, 0.1) is 5.92 Å². The Kier molecular flexibility index (Phi) is 3.00. The van der Waals surface area contributed by atoms with Crippen LogP contribution in [0.4, 0.5) is 5.69 Å². The fraction of sp³-hybridized carbons (Fsp3) is 0.364. The predicted molar refractivity (Wildman–Crippen MR) is 64.6 cm³/mol. The summed E-state index contributed by atoms with van der Waals surface area (Å²) in [6, 6.07) is 3.45. The zero-order chi connectivity index (χ0) is 11.9. The first-order valence-corrected chi connectivity index (χ1v) is 5.67. The monoisotopic (exact) mass is 259 g/mol. The summed E-state index contributed by atoms with van der Waals surface area (Å²) in [6.07, 6.45) is 0.439. The molecule has 1 unspecified atom stereocenters. The van der Waals surface area contributed by atoms with Gasteiger partial charge in [-0.1, -0.05) is 23.2 Å². The first-order chi connectivity index (χ1) is 7.50. The van der Waals surface area contributed by atoms with Gasteiger partial charge in [0, 0.05) is 18.6 Å². The van der Waals surface area contributed by atoms with E-state index in [1.165, 1.54) is 0 Å². The lowest BCUT2D eigenvalue weighted by molar-refractivity contribution is -0.141. The molecular formula is C11H11Cl2NO2. The minimum atomic E-state index is -0.798. The number of halogens is 2. The molecule has 1 atom stereocenters. The van der Waals surface area contributed by atoms with E-state index in [2.05, 4.69) is 0 Å². The van der Waals surface area contributed by atoms with Crippen LogP contribution >= 0.6 is 23.2 Å². The Morgan fingerprint density at radius 3 is 2.69 bits per heavy atom. The molecule has 0 aliphatic carbocycles. The summed E-state index contributed by atoms with van der Waals surface area (Å²) in [6.45, 7) is 0.461. The number of fused-ring (bicyclic) bond motifs is 1. The van der Waals surface area contributed by atoms with Crippen molar-refractivity contribution in [2.45, 2.75) is 6.42 Å². The van der Waals surface area contributed by atoms with Crippen molar-refractivity contribution in [2.24, 2.45) is 5.92 Å². The number of anilines is 1. The lowest BCUT2D eigenvalue weighted by Gasteiger charge is -2.32. The van der Waals surface area contributed by atoms with Crippen LogP contribution in [-0.4, -0.2) is 24.7 Å². The highest BCUT2D eigenvalue weighted by atomic mass is 35.5. The maximum atomic E-state index is 11.0. The Balaban J connectivity index is 2.49. The van der Waals surface area contributed by atoms with Gasteiger partial charge < -0.3 is 10.0 Å². The first-order valence-electron chi connectivity index (χ1n) is 4.91. The van der Waals surface area contributed by atoms with E-state index in [-0.39, 0.29) is 0 Å². The molecule has 5 heteroatoms. The average molecular weight is 260 g/mol. The van der Waals surface area contributed by atoms with E-state index in [1.54, 1.807) is 12.1 Å². The summed E-state index contributed by atoms with van der Waals surface area (Å²) in [5, 5.41) is 10.2. The Labute approximate surface area is 104 Å². The number of rotatable bonds is 1. The molecule has 0 amide bonds. The van der Waals surface area contributed by atoms with E-state index in [1.807, 2.05) is 11.9 Å². The smallest absolute Gasteiger partial charge is 0.308 e. The van der Waals surface area contributed by atoms with E-state index in [9.17, 15) is 4.79 Å². The number of hydrogen-bond acceptors (Lipinski definition) is 2. The van der Waals surface area contributed by atoms with Gasteiger partial charge in [-0.2, -0.15) is 0 Å². The second kappa shape index (κ2) is 4.15. The van der Waals surface area contributed by atoms with Crippen LogP contribution < -0.4 is 4.90 Å². The summed E-state index contributed by atoms with van der Waals surface area (Å²) < 4.78 is 0. The van der Waals surface area contributed by atoms with Crippen molar-refractivity contribution < 1.29 is 9.90 Å². The van der Waals surface area contributed by atoms with Gasteiger partial charge in [0.15, 0.2) is 0 Å². The van der Waals surface area contributed by atoms with Gasteiger partial charge >= 0.3 is 5.97 Å².